The first-order chi connectivity index (χ1) is 11.0. The monoisotopic (exact) mass is 339 g/mol. The summed E-state index contributed by atoms with van der Waals surface area (Å²) >= 11 is 1.17. The first-order valence-corrected chi connectivity index (χ1v) is 7.87. The van der Waals surface area contributed by atoms with E-state index in [-0.39, 0.29) is 23.5 Å². The average molecular weight is 339 g/mol. The quantitative estimate of drug-likeness (QED) is 0.578. The van der Waals surface area contributed by atoms with Crippen LogP contribution in [0.15, 0.2) is 29.4 Å². The lowest BCUT2D eigenvalue weighted by Gasteiger charge is -2.12. The molecule has 0 radical (unpaired) electrons. The maximum absolute atomic E-state index is 12.9. The maximum Gasteiger partial charge on any atom is 0.230 e. The van der Waals surface area contributed by atoms with Gasteiger partial charge >= 0.3 is 0 Å². The van der Waals surface area contributed by atoms with E-state index in [1.165, 1.54) is 28.6 Å². The largest absolute Gasteiger partial charge is 0.383 e. The van der Waals surface area contributed by atoms with Gasteiger partial charge in [-0.1, -0.05) is 11.8 Å². The van der Waals surface area contributed by atoms with Gasteiger partial charge < -0.3 is 15.9 Å². The Hall–Kier alpha value is -2.13. The van der Waals surface area contributed by atoms with Crippen molar-refractivity contribution in [1.82, 2.24) is 20.2 Å². The van der Waals surface area contributed by atoms with E-state index in [0.717, 1.165) is 0 Å². The number of hydrogen-bond acceptors (Lipinski definition) is 6. The molecule has 1 aromatic carbocycles. The molecule has 0 fully saturated rings. The van der Waals surface area contributed by atoms with Gasteiger partial charge in [0.15, 0.2) is 5.82 Å². The fraction of sp³-hybridized carbons (Fsp3) is 0.357. The van der Waals surface area contributed by atoms with Crippen molar-refractivity contribution < 1.29 is 13.9 Å². The molecule has 1 amide bonds. The molecule has 23 heavy (non-hydrogen) atoms. The van der Waals surface area contributed by atoms with Crippen molar-refractivity contribution >= 4 is 17.7 Å². The minimum absolute atomic E-state index is 0.0707. The smallest absolute Gasteiger partial charge is 0.230 e. The third-order valence-electron chi connectivity index (χ3n) is 2.92. The Morgan fingerprint density at radius 2 is 2.13 bits per heavy atom. The second-order valence-electron chi connectivity index (χ2n) is 4.90. The number of aromatic nitrogens is 3. The minimum atomic E-state index is -0.340. The third-order valence-corrected chi connectivity index (χ3v) is 3.87. The van der Waals surface area contributed by atoms with Gasteiger partial charge in [-0.05, 0) is 31.2 Å². The van der Waals surface area contributed by atoms with Crippen molar-refractivity contribution in [3.63, 3.8) is 0 Å². The zero-order valence-electron chi connectivity index (χ0n) is 12.8. The molecular weight excluding hydrogens is 321 g/mol. The summed E-state index contributed by atoms with van der Waals surface area (Å²) < 4.78 is 19.2. The molecule has 0 bridgehead atoms. The van der Waals surface area contributed by atoms with Crippen LogP contribution in [0.5, 0.6) is 0 Å². The van der Waals surface area contributed by atoms with Gasteiger partial charge in [-0.15, -0.1) is 10.2 Å². The van der Waals surface area contributed by atoms with Crippen molar-refractivity contribution in [3.05, 3.63) is 30.1 Å². The highest BCUT2D eigenvalue weighted by molar-refractivity contribution is 7.99. The lowest BCUT2D eigenvalue weighted by Crippen LogP contribution is -2.36. The van der Waals surface area contributed by atoms with E-state index in [2.05, 4.69) is 15.5 Å². The molecule has 0 aliphatic carbocycles. The van der Waals surface area contributed by atoms with E-state index in [4.69, 9.17) is 10.6 Å². The number of hydrogen-bond donors (Lipinski definition) is 2. The summed E-state index contributed by atoms with van der Waals surface area (Å²) in [5, 5.41) is 11.1. The fourth-order valence-electron chi connectivity index (χ4n) is 1.91. The van der Waals surface area contributed by atoms with Gasteiger partial charge in [0.2, 0.25) is 11.1 Å². The molecule has 0 spiro atoms. The van der Waals surface area contributed by atoms with Crippen molar-refractivity contribution in [3.8, 4) is 11.4 Å². The highest BCUT2D eigenvalue weighted by atomic mass is 32.2. The van der Waals surface area contributed by atoms with Crippen LogP contribution in [0.2, 0.25) is 0 Å². The topological polar surface area (TPSA) is 95.1 Å². The number of carbonyl (C=O) groups excluding carboxylic acids is 1. The molecule has 2 aromatic rings. The normalized spacial score (nSPS) is 12.1. The molecule has 9 heteroatoms. The summed E-state index contributed by atoms with van der Waals surface area (Å²) in [5.74, 6) is 6.01. The van der Waals surface area contributed by atoms with Gasteiger partial charge in [0.05, 0.1) is 12.4 Å². The number of thioether (sulfide) groups is 1. The highest BCUT2D eigenvalue weighted by Gasteiger charge is 2.14. The number of nitrogens with one attached hydrogen (secondary N) is 1. The zero-order chi connectivity index (χ0) is 16.8. The van der Waals surface area contributed by atoms with Crippen molar-refractivity contribution in [1.29, 1.82) is 0 Å². The molecule has 1 unspecified atom stereocenters. The Kier molecular flexibility index (Phi) is 5.94. The SMILES string of the molecule is COCC(C)NC(=O)CSc1nnc(-c2ccc(F)cc2)n1N. The Labute approximate surface area is 137 Å². The van der Waals surface area contributed by atoms with Crippen LogP contribution in [0, 0.1) is 5.82 Å². The number of carbonyl (C=O) groups is 1. The summed E-state index contributed by atoms with van der Waals surface area (Å²) in [4.78, 5) is 11.8. The Balaban J connectivity index is 1.97. The average Bonchev–Trinajstić information content (AvgIpc) is 2.87. The first-order valence-electron chi connectivity index (χ1n) is 6.88. The molecule has 0 aliphatic rings. The molecule has 0 saturated heterocycles. The van der Waals surface area contributed by atoms with Crippen LogP contribution in [-0.4, -0.2) is 46.3 Å². The molecule has 7 nitrogen and oxygen atoms in total. The molecule has 0 saturated carbocycles. The van der Waals surface area contributed by atoms with Gasteiger partial charge in [-0.2, -0.15) is 0 Å². The standard InChI is InChI=1S/C14H18FN5O2S/c1-9(7-22-2)17-12(21)8-23-14-19-18-13(20(14)16)10-3-5-11(15)6-4-10/h3-6,9H,7-8,16H2,1-2H3,(H,17,21). The number of halogens is 1. The Bertz CT molecular complexity index is 662. The van der Waals surface area contributed by atoms with Crippen LogP contribution in [0.4, 0.5) is 4.39 Å². The summed E-state index contributed by atoms with van der Waals surface area (Å²) in [6.07, 6.45) is 0. The van der Waals surface area contributed by atoms with Gasteiger partial charge in [0.25, 0.3) is 0 Å². The number of amides is 1. The van der Waals surface area contributed by atoms with Crippen LogP contribution < -0.4 is 11.2 Å². The Morgan fingerprint density at radius 3 is 2.78 bits per heavy atom. The molecular formula is C14H18FN5O2S. The minimum Gasteiger partial charge on any atom is -0.383 e. The van der Waals surface area contributed by atoms with Crippen LogP contribution >= 0.6 is 11.8 Å². The lowest BCUT2D eigenvalue weighted by atomic mass is 10.2. The summed E-state index contributed by atoms with van der Waals surface area (Å²) in [7, 11) is 1.57. The second kappa shape index (κ2) is 7.93. The van der Waals surface area contributed by atoms with Gasteiger partial charge in [-0.25, -0.2) is 9.07 Å². The van der Waals surface area contributed by atoms with E-state index in [1.54, 1.807) is 19.2 Å². The van der Waals surface area contributed by atoms with E-state index in [9.17, 15) is 9.18 Å². The van der Waals surface area contributed by atoms with E-state index < -0.39 is 0 Å². The predicted molar refractivity (Wildman–Crippen MR) is 85.8 cm³/mol. The first kappa shape index (κ1) is 17.2. The number of nitrogens with zero attached hydrogens (tertiary/aromatic N) is 3. The molecule has 3 N–H and O–H groups in total. The van der Waals surface area contributed by atoms with Crippen molar-refractivity contribution in [2.24, 2.45) is 0 Å². The predicted octanol–water partition coefficient (Wildman–Crippen LogP) is 1.04. The number of nitrogen functional groups attached to an aromatic ring is 1. The molecule has 124 valence electrons. The zero-order valence-corrected chi connectivity index (χ0v) is 13.6. The van der Waals surface area contributed by atoms with E-state index >= 15 is 0 Å². The van der Waals surface area contributed by atoms with E-state index in [0.29, 0.717) is 23.2 Å². The van der Waals surface area contributed by atoms with Crippen LogP contribution in [0.3, 0.4) is 0 Å². The third kappa shape index (κ3) is 4.67. The van der Waals surface area contributed by atoms with Crippen LogP contribution in [0.25, 0.3) is 11.4 Å². The van der Waals surface area contributed by atoms with Gasteiger partial charge in [-0.3, -0.25) is 4.79 Å². The van der Waals surface area contributed by atoms with Crippen LogP contribution in [-0.2, 0) is 9.53 Å². The molecule has 1 heterocycles. The summed E-state index contributed by atoms with van der Waals surface area (Å²) in [5.41, 5.74) is 0.645. The van der Waals surface area contributed by atoms with Crippen molar-refractivity contribution in [2.75, 3.05) is 25.3 Å². The fourth-order valence-corrected chi connectivity index (χ4v) is 2.58. The van der Waals surface area contributed by atoms with Gasteiger partial charge in [0.1, 0.15) is 5.82 Å². The summed E-state index contributed by atoms with van der Waals surface area (Å²) in [6, 6.07) is 5.70. The number of ether oxygens (including phenoxy) is 1. The number of methoxy groups -OCH3 is 1. The molecule has 0 aliphatic heterocycles. The maximum atomic E-state index is 12.9. The van der Waals surface area contributed by atoms with Gasteiger partial charge in [0, 0.05) is 18.7 Å². The summed E-state index contributed by atoms with van der Waals surface area (Å²) in [6.45, 7) is 2.29. The number of rotatable bonds is 7. The molecule has 1 aromatic heterocycles. The molecule has 2 rings (SSSR count). The molecule has 1 atom stereocenters. The number of benzene rings is 1. The highest BCUT2D eigenvalue weighted by Crippen LogP contribution is 2.21. The second-order valence-corrected chi connectivity index (χ2v) is 5.84. The lowest BCUT2D eigenvalue weighted by molar-refractivity contribution is -0.119. The van der Waals surface area contributed by atoms with E-state index in [1.807, 2.05) is 6.92 Å². The van der Waals surface area contributed by atoms with Crippen molar-refractivity contribution in [2.45, 2.75) is 18.1 Å². The number of nitrogens with two attached hydrogens (primary N) is 1. The van der Waals surface area contributed by atoms with Crippen LogP contribution in [0.1, 0.15) is 6.92 Å². The Morgan fingerprint density at radius 1 is 1.43 bits per heavy atom.